The lowest BCUT2D eigenvalue weighted by molar-refractivity contribution is -0.385. The van der Waals surface area contributed by atoms with Crippen molar-refractivity contribution in [3.63, 3.8) is 0 Å². The molecule has 0 amide bonds. The number of ether oxygens (including phenoxy) is 2. The first kappa shape index (κ1) is 13.3. The molecule has 1 heterocycles. The second-order valence-corrected chi connectivity index (χ2v) is 3.69. The quantitative estimate of drug-likeness (QED) is 0.626. The first-order valence-electron chi connectivity index (χ1n) is 5.50. The van der Waals surface area contributed by atoms with Crippen LogP contribution in [0.1, 0.15) is 5.56 Å². The molecule has 7 nitrogen and oxygen atoms in total. The monoisotopic (exact) mass is 271 g/mol. The Bertz CT molecular complexity index is 677. The highest BCUT2D eigenvalue weighted by atomic mass is 16.6. The molecule has 2 rings (SSSR count). The molecule has 2 aromatic rings. The van der Waals surface area contributed by atoms with Gasteiger partial charge in [-0.1, -0.05) is 0 Å². The lowest BCUT2D eigenvalue weighted by Gasteiger charge is -2.06. The van der Waals surface area contributed by atoms with Gasteiger partial charge in [-0.25, -0.2) is 4.98 Å². The van der Waals surface area contributed by atoms with Crippen molar-refractivity contribution < 1.29 is 14.4 Å². The average Bonchev–Trinajstić information content (AvgIpc) is 2.48. The lowest BCUT2D eigenvalue weighted by atomic mass is 10.3. The summed E-state index contributed by atoms with van der Waals surface area (Å²) in [4.78, 5) is 14.2. The molecule has 1 aromatic carbocycles. The van der Waals surface area contributed by atoms with Crippen LogP contribution in [0.15, 0.2) is 36.5 Å². The van der Waals surface area contributed by atoms with Crippen molar-refractivity contribution in [3.05, 3.63) is 52.2 Å². The summed E-state index contributed by atoms with van der Waals surface area (Å²) < 4.78 is 10.3. The van der Waals surface area contributed by atoms with E-state index in [4.69, 9.17) is 14.7 Å². The number of methoxy groups -OCH3 is 1. The zero-order valence-corrected chi connectivity index (χ0v) is 10.4. The standard InChI is InChI=1S/C13H9N3O4/c1-19-12-4-3-10(6-11(12)16(17)18)20-13-5-2-9(7-14)8-15-13/h2-6,8H,1H3. The summed E-state index contributed by atoms with van der Waals surface area (Å²) in [6, 6.07) is 9.21. The number of aromatic nitrogens is 1. The predicted molar refractivity (Wildman–Crippen MR) is 68.7 cm³/mol. The van der Waals surface area contributed by atoms with Crippen LogP contribution in [0.5, 0.6) is 17.4 Å². The van der Waals surface area contributed by atoms with Crippen LogP contribution in [-0.2, 0) is 0 Å². The van der Waals surface area contributed by atoms with Crippen LogP contribution in [0.25, 0.3) is 0 Å². The summed E-state index contributed by atoms with van der Waals surface area (Å²) in [5.74, 6) is 0.647. The molecular formula is C13H9N3O4. The third-order valence-corrected chi connectivity index (χ3v) is 2.43. The summed E-state index contributed by atoms with van der Waals surface area (Å²) in [7, 11) is 1.35. The van der Waals surface area contributed by atoms with Gasteiger partial charge in [-0.15, -0.1) is 0 Å². The molecule has 0 bridgehead atoms. The molecule has 0 fully saturated rings. The maximum Gasteiger partial charge on any atom is 0.314 e. The minimum atomic E-state index is -0.558. The number of benzene rings is 1. The van der Waals surface area contributed by atoms with Gasteiger partial charge in [-0.05, 0) is 18.2 Å². The van der Waals surface area contributed by atoms with E-state index in [1.165, 1.54) is 37.6 Å². The summed E-state index contributed by atoms with van der Waals surface area (Å²) in [5.41, 5.74) is 0.205. The minimum Gasteiger partial charge on any atom is -0.490 e. The Labute approximate surface area is 114 Å². The highest BCUT2D eigenvalue weighted by molar-refractivity contribution is 5.51. The van der Waals surface area contributed by atoms with Gasteiger partial charge in [-0.2, -0.15) is 5.26 Å². The fraction of sp³-hybridized carbons (Fsp3) is 0.0769. The molecule has 0 aliphatic rings. The van der Waals surface area contributed by atoms with E-state index < -0.39 is 4.92 Å². The number of nitro benzene ring substituents is 1. The summed E-state index contributed by atoms with van der Waals surface area (Å²) in [6.45, 7) is 0. The Balaban J connectivity index is 2.27. The second-order valence-electron chi connectivity index (χ2n) is 3.69. The number of pyridine rings is 1. The van der Waals surface area contributed by atoms with E-state index in [0.29, 0.717) is 5.56 Å². The molecular weight excluding hydrogens is 262 g/mol. The van der Waals surface area contributed by atoms with Crippen LogP contribution >= 0.6 is 0 Å². The van der Waals surface area contributed by atoms with E-state index >= 15 is 0 Å². The third-order valence-electron chi connectivity index (χ3n) is 2.43. The van der Waals surface area contributed by atoms with Crippen LogP contribution in [-0.4, -0.2) is 17.0 Å². The van der Waals surface area contributed by atoms with E-state index in [-0.39, 0.29) is 23.1 Å². The number of nitrogens with zero attached hydrogens (tertiary/aromatic N) is 3. The number of hydrogen-bond acceptors (Lipinski definition) is 6. The highest BCUT2D eigenvalue weighted by Gasteiger charge is 2.16. The molecule has 1 aromatic heterocycles. The summed E-state index contributed by atoms with van der Waals surface area (Å²) >= 11 is 0. The molecule has 0 spiro atoms. The van der Waals surface area contributed by atoms with Crippen molar-refractivity contribution in [3.8, 4) is 23.4 Å². The van der Waals surface area contributed by atoms with Gasteiger partial charge in [0.1, 0.15) is 11.8 Å². The molecule has 0 saturated carbocycles. The molecule has 100 valence electrons. The van der Waals surface area contributed by atoms with Crippen molar-refractivity contribution in [1.29, 1.82) is 5.26 Å². The molecule has 0 N–H and O–H groups in total. The van der Waals surface area contributed by atoms with E-state index in [1.807, 2.05) is 6.07 Å². The molecule has 20 heavy (non-hydrogen) atoms. The zero-order valence-electron chi connectivity index (χ0n) is 10.4. The smallest absolute Gasteiger partial charge is 0.314 e. The maximum atomic E-state index is 10.9. The van der Waals surface area contributed by atoms with Crippen molar-refractivity contribution in [2.45, 2.75) is 0 Å². The number of nitriles is 1. The Morgan fingerprint density at radius 1 is 1.35 bits per heavy atom. The zero-order chi connectivity index (χ0) is 14.5. The van der Waals surface area contributed by atoms with Crippen LogP contribution in [0.4, 0.5) is 5.69 Å². The third kappa shape index (κ3) is 2.81. The molecule has 0 aliphatic carbocycles. The Hall–Kier alpha value is -3.14. The fourth-order valence-electron chi connectivity index (χ4n) is 1.50. The van der Waals surface area contributed by atoms with Gasteiger partial charge < -0.3 is 9.47 Å². The van der Waals surface area contributed by atoms with Crippen LogP contribution in [0, 0.1) is 21.4 Å². The molecule has 0 aliphatic heterocycles. The van der Waals surface area contributed by atoms with E-state index in [1.54, 1.807) is 6.07 Å². The van der Waals surface area contributed by atoms with Crippen LogP contribution < -0.4 is 9.47 Å². The maximum absolute atomic E-state index is 10.9. The van der Waals surface area contributed by atoms with Crippen LogP contribution in [0.3, 0.4) is 0 Å². The Morgan fingerprint density at radius 2 is 2.15 bits per heavy atom. The summed E-state index contributed by atoms with van der Waals surface area (Å²) in [5, 5.41) is 19.5. The van der Waals surface area contributed by atoms with E-state index in [0.717, 1.165) is 0 Å². The topological polar surface area (TPSA) is 98.3 Å². The predicted octanol–water partition coefficient (Wildman–Crippen LogP) is 2.66. The fourth-order valence-corrected chi connectivity index (χ4v) is 1.50. The number of rotatable bonds is 4. The largest absolute Gasteiger partial charge is 0.490 e. The average molecular weight is 271 g/mol. The van der Waals surface area contributed by atoms with Gasteiger partial charge in [0.05, 0.1) is 23.7 Å². The van der Waals surface area contributed by atoms with Crippen molar-refractivity contribution in [2.24, 2.45) is 0 Å². The number of hydrogen-bond donors (Lipinski definition) is 0. The van der Waals surface area contributed by atoms with Crippen molar-refractivity contribution >= 4 is 5.69 Å². The van der Waals surface area contributed by atoms with Gasteiger partial charge in [0.25, 0.3) is 0 Å². The molecule has 0 saturated heterocycles. The Morgan fingerprint density at radius 3 is 2.70 bits per heavy atom. The summed E-state index contributed by atoms with van der Waals surface area (Å²) in [6.07, 6.45) is 1.35. The normalized spacial score (nSPS) is 9.60. The lowest BCUT2D eigenvalue weighted by Crippen LogP contribution is -1.95. The van der Waals surface area contributed by atoms with Crippen molar-refractivity contribution in [1.82, 2.24) is 4.98 Å². The van der Waals surface area contributed by atoms with Gasteiger partial charge in [0.2, 0.25) is 5.88 Å². The Kier molecular flexibility index (Phi) is 3.77. The molecule has 0 atom stereocenters. The minimum absolute atomic E-state index is 0.148. The van der Waals surface area contributed by atoms with Crippen LogP contribution in [0.2, 0.25) is 0 Å². The van der Waals surface area contributed by atoms with Gasteiger partial charge >= 0.3 is 5.69 Å². The number of nitro groups is 1. The molecule has 0 radical (unpaired) electrons. The van der Waals surface area contributed by atoms with E-state index in [9.17, 15) is 10.1 Å². The van der Waals surface area contributed by atoms with E-state index in [2.05, 4.69) is 4.98 Å². The van der Waals surface area contributed by atoms with Crippen molar-refractivity contribution in [2.75, 3.05) is 7.11 Å². The van der Waals surface area contributed by atoms with Gasteiger partial charge in [-0.3, -0.25) is 10.1 Å². The first-order chi connectivity index (χ1) is 9.63. The SMILES string of the molecule is COc1ccc(Oc2ccc(C#N)cn2)cc1[N+](=O)[O-]. The first-order valence-corrected chi connectivity index (χ1v) is 5.50. The van der Waals surface area contributed by atoms with Gasteiger partial charge in [0.15, 0.2) is 5.75 Å². The highest BCUT2D eigenvalue weighted by Crippen LogP contribution is 2.32. The second kappa shape index (κ2) is 5.67. The molecule has 7 heteroatoms. The van der Waals surface area contributed by atoms with Gasteiger partial charge in [0, 0.05) is 12.3 Å². The molecule has 0 unspecified atom stereocenters.